The molecule has 3 rings (SSSR count). The van der Waals surface area contributed by atoms with Crippen LogP contribution >= 0.6 is 23.1 Å². The zero-order valence-corrected chi connectivity index (χ0v) is 14.2. The van der Waals surface area contributed by atoms with Gasteiger partial charge in [-0.25, -0.2) is 14.8 Å². The molecule has 22 heavy (non-hydrogen) atoms. The number of aryl methyl sites for hydroxylation is 1. The fourth-order valence-corrected chi connectivity index (χ4v) is 3.93. The number of fused-ring (bicyclic) bond motifs is 1. The van der Waals surface area contributed by atoms with Gasteiger partial charge in [0.1, 0.15) is 10.6 Å². The summed E-state index contributed by atoms with van der Waals surface area (Å²) in [6.07, 6.45) is 2.12. The number of thioether (sulfide) groups is 1. The smallest absolute Gasteiger partial charge is 0.407 e. The SMILES string of the molecule is CCc1cc2c(N3CCN(C(=O)O)CC3)nc(SC)nc2s1. The molecule has 1 fully saturated rings. The van der Waals surface area contributed by atoms with Crippen LogP contribution in [-0.4, -0.2) is 58.5 Å². The van der Waals surface area contributed by atoms with Crippen LogP contribution in [0.3, 0.4) is 0 Å². The molecule has 0 spiro atoms. The van der Waals surface area contributed by atoms with Gasteiger partial charge in [0.25, 0.3) is 0 Å². The van der Waals surface area contributed by atoms with E-state index in [4.69, 9.17) is 5.11 Å². The first-order valence-electron chi connectivity index (χ1n) is 7.19. The number of hydrogen-bond acceptors (Lipinski definition) is 6. The number of carboxylic acid groups (broad SMARTS) is 1. The second-order valence-corrected chi connectivity index (χ2v) is 6.96. The van der Waals surface area contributed by atoms with Crippen LogP contribution in [0.15, 0.2) is 11.2 Å². The quantitative estimate of drug-likeness (QED) is 0.685. The van der Waals surface area contributed by atoms with Crippen molar-refractivity contribution in [2.45, 2.75) is 18.5 Å². The Hall–Kier alpha value is -1.54. The number of anilines is 1. The zero-order valence-electron chi connectivity index (χ0n) is 12.6. The minimum Gasteiger partial charge on any atom is -0.465 e. The van der Waals surface area contributed by atoms with Crippen LogP contribution in [0.4, 0.5) is 10.6 Å². The lowest BCUT2D eigenvalue weighted by atomic mass is 10.2. The summed E-state index contributed by atoms with van der Waals surface area (Å²) in [6, 6.07) is 2.17. The average molecular weight is 338 g/mol. The fourth-order valence-electron chi connectivity index (χ4n) is 2.55. The van der Waals surface area contributed by atoms with E-state index in [2.05, 4.69) is 27.9 Å². The van der Waals surface area contributed by atoms with Crippen LogP contribution in [0.2, 0.25) is 0 Å². The molecule has 0 aromatic carbocycles. The molecule has 3 heterocycles. The molecule has 0 radical (unpaired) electrons. The molecular formula is C14H18N4O2S2. The van der Waals surface area contributed by atoms with E-state index in [1.807, 2.05) is 6.26 Å². The number of rotatable bonds is 3. The van der Waals surface area contributed by atoms with Crippen molar-refractivity contribution in [2.75, 3.05) is 37.3 Å². The summed E-state index contributed by atoms with van der Waals surface area (Å²) >= 11 is 3.25. The third kappa shape index (κ3) is 2.85. The van der Waals surface area contributed by atoms with E-state index in [0.29, 0.717) is 26.2 Å². The molecule has 1 amide bonds. The number of nitrogens with zero attached hydrogens (tertiary/aromatic N) is 4. The third-order valence-corrected chi connectivity index (χ3v) is 5.50. The summed E-state index contributed by atoms with van der Waals surface area (Å²) in [6.45, 7) is 4.51. The minimum absolute atomic E-state index is 0.514. The van der Waals surface area contributed by atoms with Crippen molar-refractivity contribution < 1.29 is 9.90 Å². The van der Waals surface area contributed by atoms with E-state index >= 15 is 0 Å². The number of carbonyl (C=O) groups is 1. The molecule has 1 aliphatic heterocycles. The summed E-state index contributed by atoms with van der Waals surface area (Å²) in [5.41, 5.74) is 0. The normalized spacial score (nSPS) is 15.5. The Morgan fingerprint density at radius 2 is 2.09 bits per heavy atom. The maximum Gasteiger partial charge on any atom is 0.407 e. The number of hydrogen-bond donors (Lipinski definition) is 1. The Kier molecular flexibility index (Phi) is 4.39. The van der Waals surface area contributed by atoms with Gasteiger partial charge in [0.05, 0.1) is 5.39 Å². The first-order valence-corrected chi connectivity index (χ1v) is 9.23. The molecule has 0 unspecified atom stereocenters. The summed E-state index contributed by atoms with van der Waals surface area (Å²) in [7, 11) is 0. The molecule has 2 aromatic heterocycles. The van der Waals surface area contributed by atoms with Crippen LogP contribution < -0.4 is 4.90 Å². The van der Waals surface area contributed by atoms with Gasteiger partial charge in [0.15, 0.2) is 5.16 Å². The maximum absolute atomic E-state index is 11.0. The van der Waals surface area contributed by atoms with Crippen molar-refractivity contribution in [3.63, 3.8) is 0 Å². The number of amides is 1. The lowest BCUT2D eigenvalue weighted by Gasteiger charge is -2.34. The van der Waals surface area contributed by atoms with Gasteiger partial charge in [-0.05, 0) is 18.7 Å². The van der Waals surface area contributed by atoms with Gasteiger partial charge in [-0.2, -0.15) is 0 Å². The minimum atomic E-state index is -0.846. The highest BCUT2D eigenvalue weighted by Crippen LogP contribution is 2.33. The monoisotopic (exact) mass is 338 g/mol. The summed E-state index contributed by atoms with van der Waals surface area (Å²) < 4.78 is 0. The number of thiophene rings is 1. The second kappa shape index (κ2) is 6.29. The summed E-state index contributed by atoms with van der Waals surface area (Å²) in [4.78, 5) is 26.3. The topological polar surface area (TPSA) is 69.6 Å². The van der Waals surface area contributed by atoms with Gasteiger partial charge in [0, 0.05) is 31.1 Å². The Morgan fingerprint density at radius 1 is 1.36 bits per heavy atom. The largest absolute Gasteiger partial charge is 0.465 e. The standard InChI is InChI=1S/C14H18N4O2S2/c1-3-9-8-10-11(15-13(21-2)16-12(10)22-9)17-4-6-18(7-5-17)14(19)20/h8H,3-7H2,1-2H3,(H,19,20). The van der Waals surface area contributed by atoms with Gasteiger partial charge in [-0.1, -0.05) is 18.7 Å². The second-order valence-electron chi connectivity index (χ2n) is 5.08. The molecule has 1 aliphatic rings. The van der Waals surface area contributed by atoms with E-state index in [1.54, 1.807) is 11.3 Å². The molecular weight excluding hydrogens is 320 g/mol. The number of aromatic nitrogens is 2. The Bertz CT molecular complexity index is 695. The van der Waals surface area contributed by atoms with Crippen LogP contribution in [0.1, 0.15) is 11.8 Å². The van der Waals surface area contributed by atoms with Gasteiger partial charge >= 0.3 is 6.09 Å². The van der Waals surface area contributed by atoms with Gasteiger partial charge in [-0.15, -0.1) is 11.3 Å². The Labute approximate surface area is 137 Å². The first kappa shape index (κ1) is 15.4. The molecule has 0 bridgehead atoms. The van der Waals surface area contributed by atoms with E-state index in [1.165, 1.54) is 21.5 Å². The van der Waals surface area contributed by atoms with Crippen LogP contribution in [0.5, 0.6) is 0 Å². The molecule has 8 heteroatoms. The first-order chi connectivity index (χ1) is 10.6. The lowest BCUT2D eigenvalue weighted by Crippen LogP contribution is -2.48. The van der Waals surface area contributed by atoms with Crippen LogP contribution in [0.25, 0.3) is 10.2 Å². The fraction of sp³-hybridized carbons (Fsp3) is 0.500. The zero-order chi connectivity index (χ0) is 15.7. The molecule has 2 aromatic rings. The van der Waals surface area contributed by atoms with E-state index in [-0.39, 0.29) is 0 Å². The third-order valence-electron chi connectivity index (χ3n) is 3.78. The van der Waals surface area contributed by atoms with Gasteiger partial charge in [-0.3, -0.25) is 0 Å². The van der Waals surface area contributed by atoms with Crippen molar-refractivity contribution in [3.8, 4) is 0 Å². The molecule has 118 valence electrons. The van der Waals surface area contributed by atoms with Crippen LogP contribution in [0, 0.1) is 0 Å². The van der Waals surface area contributed by atoms with Crippen molar-refractivity contribution in [1.82, 2.24) is 14.9 Å². The maximum atomic E-state index is 11.0. The van der Waals surface area contributed by atoms with Crippen molar-refractivity contribution in [3.05, 3.63) is 10.9 Å². The average Bonchev–Trinajstić information content (AvgIpc) is 2.97. The van der Waals surface area contributed by atoms with E-state index < -0.39 is 6.09 Å². The predicted octanol–water partition coefficient (Wildman–Crippen LogP) is 2.78. The lowest BCUT2D eigenvalue weighted by molar-refractivity contribution is 0.142. The summed E-state index contributed by atoms with van der Waals surface area (Å²) in [5.74, 6) is 0.940. The summed E-state index contributed by atoms with van der Waals surface area (Å²) in [5, 5.41) is 10.9. The molecule has 0 atom stereocenters. The van der Waals surface area contributed by atoms with Crippen molar-refractivity contribution >= 4 is 45.2 Å². The van der Waals surface area contributed by atoms with Gasteiger partial charge < -0.3 is 14.9 Å². The van der Waals surface area contributed by atoms with Crippen molar-refractivity contribution in [2.24, 2.45) is 0 Å². The highest BCUT2D eigenvalue weighted by Gasteiger charge is 2.24. The highest BCUT2D eigenvalue weighted by molar-refractivity contribution is 7.98. The van der Waals surface area contributed by atoms with E-state index in [0.717, 1.165) is 27.6 Å². The van der Waals surface area contributed by atoms with Crippen LogP contribution in [-0.2, 0) is 6.42 Å². The number of piperazine rings is 1. The van der Waals surface area contributed by atoms with Crippen molar-refractivity contribution in [1.29, 1.82) is 0 Å². The molecule has 1 saturated heterocycles. The van der Waals surface area contributed by atoms with Gasteiger partial charge in [0.2, 0.25) is 0 Å². The molecule has 0 aliphatic carbocycles. The van der Waals surface area contributed by atoms with E-state index in [9.17, 15) is 4.79 Å². The highest BCUT2D eigenvalue weighted by atomic mass is 32.2. The Balaban J connectivity index is 1.95. The molecule has 1 N–H and O–H groups in total. The predicted molar refractivity (Wildman–Crippen MR) is 90.4 cm³/mol. The Morgan fingerprint density at radius 3 is 2.68 bits per heavy atom. The molecule has 6 nitrogen and oxygen atoms in total. The molecule has 0 saturated carbocycles.